The van der Waals surface area contributed by atoms with E-state index in [1.54, 1.807) is 3.97 Å². The van der Waals surface area contributed by atoms with E-state index >= 15 is 0 Å². The van der Waals surface area contributed by atoms with E-state index in [4.69, 9.17) is 0 Å². The smallest absolute Gasteiger partial charge is 0.158 e. The van der Waals surface area contributed by atoms with Gasteiger partial charge in [-0.3, -0.25) is 0 Å². The van der Waals surface area contributed by atoms with Crippen LogP contribution in [0, 0.1) is 20.8 Å². The summed E-state index contributed by atoms with van der Waals surface area (Å²) in [5, 5.41) is 0.980. The second kappa shape index (κ2) is 6.83. The summed E-state index contributed by atoms with van der Waals surface area (Å²) in [6.45, 7) is 9.94. The normalized spacial score (nSPS) is 11.9. The molecule has 0 aliphatic rings. The van der Waals surface area contributed by atoms with Gasteiger partial charge in [-0.15, -0.1) is 0 Å². The van der Waals surface area contributed by atoms with Crippen LogP contribution in [0.1, 0.15) is 30.7 Å². The maximum Gasteiger partial charge on any atom is 0.158 e. The number of benzene rings is 1. The summed E-state index contributed by atoms with van der Waals surface area (Å²) in [5.74, 6) is 0. The third-order valence-electron chi connectivity index (χ3n) is 3.33. The van der Waals surface area contributed by atoms with Gasteiger partial charge in [0.05, 0.1) is 10.6 Å². The van der Waals surface area contributed by atoms with Crippen molar-refractivity contribution in [2.75, 3.05) is 0 Å². The van der Waals surface area contributed by atoms with Gasteiger partial charge in [-0.2, -0.15) is 0 Å². The largest absolute Gasteiger partial charge is 0.245 e. The molecule has 2 heterocycles. The second-order valence-corrected chi connectivity index (χ2v) is 6.22. The van der Waals surface area contributed by atoms with Crippen molar-refractivity contribution in [1.29, 1.82) is 0 Å². The van der Waals surface area contributed by atoms with Crippen molar-refractivity contribution in [2.45, 2.75) is 39.5 Å². The van der Waals surface area contributed by atoms with Crippen molar-refractivity contribution in [2.24, 2.45) is 0 Å². The Bertz CT molecular complexity index is 807. The van der Waals surface area contributed by atoms with E-state index < -0.39 is 11.0 Å². The Morgan fingerprint density at radius 2 is 1.64 bits per heavy atom. The molecule has 0 aliphatic heterocycles. The van der Waals surface area contributed by atoms with E-state index in [1.165, 1.54) is 6.33 Å². The van der Waals surface area contributed by atoms with Gasteiger partial charge in [0, 0.05) is 11.6 Å². The fourth-order valence-electron chi connectivity index (χ4n) is 2.29. The molecule has 3 rings (SSSR count). The van der Waals surface area contributed by atoms with Crippen LogP contribution in [0.3, 0.4) is 0 Å². The lowest BCUT2D eigenvalue weighted by molar-refractivity contribution is 0.678. The van der Waals surface area contributed by atoms with Gasteiger partial charge < -0.3 is 0 Å². The van der Waals surface area contributed by atoms with Crippen LogP contribution in [0.2, 0.25) is 0 Å². The van der Waals surface area contributed by atoms with Crippen molar-refractivity contribution in [3.05, 3.63) is 53.6 Å². The summed E-state index contributed by atoms with van der Waals surface area (Å²) in [4.78, 5) is 9.25. The lowest BCUT2D eigenvalue weighted by Crippen LogP contribution is -2.04. The van der Waals surface area contributed by atoms with E-state index in [1.807, 2.05) is 65.1 Å². The van der Waals surface area contributed by atoms with Crippen LogP contribution in [0.5, 0.6) is 0 Å². The fourth-order valence-corrected chi connectivity index (χ4v) is 3.43. The molecule has 4 nitrogen and oxygen atoms in total. The monoisotopic (exact) mass is 315 g/mol. The van der Waals surface area contributed by atoms with E-state index in [0.29, 0.717) is 5.65 Å². The Labute approximate surface area is 133 Å². The predicted molar refractivity (Wildman–Crippen MR) is 91.3 cm³/mol. The van der Waals surface area contributed by atoms with Crippen LogP contribution in [0.4, 0.5) is 0 Å². The number of aromatic nitrogens is 3. The fraction of sp³-hybridized carbons (Fsp3) is 0.294. The molecule has 0 saturated carbocycles. The maximum atomic E-state index is 12.7. The molecule has 1 atom stereocenters. The number of nitrogens with zero attached hydrogens (tertiary/aromatic N) is 3. The van der Waals surface area contributed by atoms with Gasteiger partial charge in [-0.25, -0.2) is 18.1 Å². The zero-order chi connectivity index (χ0) is 16.3. The van der Waals surface area contributed by atoms with E-state index in [2.05, 4.69) is 9.97 Å². The zero-order valence-electron chi connectivity index (χ0n) is 13.6. The number of hydrogen-bond acceptors (Lipinski definition) is 3. The van der Waals surface area contributed by atoms with E-state index in [-0.39, 0.29) is 0 Å². The predicted octanol–water partition coefficient (Wildman–Crippen LogP) is 3.95. The summed E-state index contributed by atoms with van der Waals surface area (Å²) in [5.41, 5.74) is 3.82. The first-order chi connectivity index (χ1) is 10.6. The molecule has 0 saturated heterocycles. The molecule has 0 aliphatic carbocycles. The maximum absolute atomic E-state index is 12.7. The molecular formula is C17H21N3OS. The average molecular weight is 315 g/mol. The third-order valence-corrected chi connectivity index (χ3v) is 4.64. The second-order valence-electron chi connectivity index (χ2n) is 4.86. The molecular weight excluding hydrogens is 294 g/mol. The van der Waals surface area contributed by atoms with E-state index in [9.17, 15) is 4.21 Å². The molecule has 0 fully saturated rings. The minimum Gasteiger partial charge on any atom is -0.245 e. The highest BCUT2D eigenvalue weighted by molar-refractivity contribution is 7.83. The molecule has 2 aromatic heterocycles. The third kappa shape index (κ3) is 2.95. The first-order valence-electron chi connectivity index (χ1n) is 7.36. The summed E-state index contributed by atoms with van der Waals surface area (Å²) in [7, 11) is -1.29. The molecule has 0 radical (unpaired) electrons. The molecule has 0 bridgehead atoms. The summed E-state index contributed by atoms with van der Waals surface area (Å²) >= 11 is 0. The molecule has 22 heavy (non-hydrogen) atoms. The van der Waals surface area contributed by atoms with Crippen LogP contribution in [0.25, 0.3) is 11.0 Å². The Balaban J connectivity index is 0.000000847. The topological polar surface area (TPSA) is 47.8 Å². The lowest BCUT2D eigenvalue weighted by Gasteiger charge is -2.05. The van der Waals surface area contributed by atoms with Gasteiger partial charge >= 0.3 is 0 Å². The number of rotatable bonds is 2. The van der Waals surface area contributed by atoms with Gasteiger partial charge in [0.1, 0.15) is 6.33 Å². The minimum atomic E-state index is -1.29. The summed E-state index contributed by atoms with van der Waals surface area (Å²) in [6, 6.07) is 7.71. The van der Waals surface area contributed by atoms with Gasteiger partial charge in [-0.05, 0) is 38.5 Å². The highest BCUT2D eigenvalue weighted by Gasteiger charge is 2.15. The quantitative estimate of drug-likeness (QED) is 0.719. The van der Waals surface area contributed by atoms with Crippen LogP contribution < -0.4 is 0 Å². The minimum absolute atomic E-state index is 0.717. The zero-order valence-corrected chi connectivity index (χ0v) is 14.4. The SMILES string of the molecule is CC.Cc1ccc(S(=O)n2cc(C)c3c(C)ncnc32)cc1. The number of hydrogen-bond donors (Lipinski definition) is 0. The Morgan fingerprint density at radius 1 is 1.00 bits per heavy atom. The summed E-state index contributed by atoms with van der Waals surface area (Å²) < 4.78 is 14.4. The summed E-state index contributed by atoms with van der Waals surface area (Å²) in [6.07, 6.45) is 3.39. The van der Waals surface area contributed by atoms with Crippen molar-refractivity contribution in [3.8, 4) is 0 Å². The molecule has 0 amide bonds. The molecule has 3 aromatic rings. The van der Waals surface area contributed by atoms with Crippen molar-refractivity contribution in [1.82, 2.24) is 13.9 Å². The van der Waals surface area contributed by atoms with Crippen molar-refractivity contribution < 1.29 is 4.21 Å². The van der Waals surface area contributed by atoms with Crippen LogP contribution in [0.15, 0.2) is 41.7 Å². The van der Waals surface area contributed by atoms with Crippen molar-refractivity contribution in [3.63, 3.8) is 0 Å². The number of aryl methyl sites for hydroxylation is 3. The van der Waals surface area contributed by atoms with Crippen LogP contribution in [-0.2, 0) is 11.0 Å². The van der Waals surface area contributed by atoms with Crippen LogP contribution in [-0.4, -0.2) is 18.1 Å². The van der Waals surface area contributed by atoms with Gasteiger partial charge in [0.15, 0.2) is 16.6 Å². The van der Waals surface area contributed by atoms with Gasteiger partial charge in [0.25, 0.3) is 0 Å². The van der Waals surface area contributed by atoms with Crippen molar-refractivity contribution >= 4 is 22.0 Å². The molecule has 116 valence electrons. The molecule has 1 aromatic carbocycles. The first kappa shape index (κ1) is 16.4. The van der Waals surface area contributed by atoms with Gasteiger partial charge in [0.2, 0.25) is 0 Å². The Morgan fingerprint density at radius 3 is 2.27 bits per heavy atom. The Hall–Kier alpha value is -2.01. The lowest BCUT2D eigenvalue weighted by atomic mass is 10.2. The highest BCUT2D eigenvalue weighted by atomic mass is 32.2. The van der Waals surface area contributed by atoms with Crippen LogP contribution >= 0.6 is 0 Å². The number of fused-ring (bicyclic) bond motifs is 1. The molecule has 1 unspecified atom stereocenters. The first-order valence-corrected chi connectivity index (χ1v) is 8.47. The highest BCUT2D eigenvalue weighted by Crippen LogP contribution is 2.23. The molecule has 0 N–H and O–H groups in total. The molecule has 0 spiro atoms. The standard InChI is InChI=1S/C15H15N3OS.C2H6/c1-10-4-6-13(7-5-10)20(19)18-8-11(2)14-12(3)16-9-17-15(14)18;1-2/h4-9H,1-3H3;1-2H3. The van der Waals surface area contributed by atoms with Gasteiger partial charge in [-0.1, -0.05) is 31.5 Å². The Kier molecular flexibility index (Phi) is 5.08. The molecule has 5 heteroatoms. The van der Waals surface area contributed by atoms with E-state index in [0.717, 1.165) is 27.1 Å². The average Bonchev–Trinajstić information content (AvgIpc) is 2.88.